The number of benzene rings is 2. The molecule has 6 nitrogen and oxygen atoms in total. The summed E-state index contributed by atoms with van der Waals surface area (Å²) in [6, 6.07) is 15.6. The van der Waals surface area contributed by atoms with Crippen molar-refractivity contribution in [3.8, 4) is 5.75 Å². The number of aliphatic imine (C=N–C) groups is 1. The Balaban J connectivity index is 1.90. The van der Waals surface area contributed by atoms with Crippen LogP contribution in [0.25, 0.3) is 0 Å². The van der Waals surface area contributed by atoms with E-state index in [1.165, 1.54) is 0 Å². The van der Waals surface area contributed by atoms with Crippen LogP contribution in [-0.4, -0.2) is 30.0 Å². The van der Waals surface area contributed by atoms with E-state index in [4.69, 9.17) is 21.3 Å². The maximum atomic E-state index is 8.65. The third-order valence-electron chi connectivity index (χ3n) is 4.81. The summed E-state index contributed by atoms with van der Waals surface area (Å²) >= 11 is 0. The van der Waals surface area contributed by atoms with Crippen LogP contribution in [0.5, 0.6) is 5.75 Å². The van der Waals surface area contributed by atoms with Gasteiger partial charge in [0.05, 0.1) is 17.7 Å². The first-order valence-corrected chi connectivity index (χ1v) is 9.43. The van der Waals surface area contributed by atoms with Crippen LogP contribution in [0, 0.1) is 23.7 Å². The molecule has 146 valence electrons. The monoisotopic (exact) mass is 377 g/mol. The van der Waals surface area contributed by atoms with Crippen molar-refractivity contribution < 1.29 is 4.74 Å². The second-order valence-electron chi connectivity index (χ2n) is 7.32. The number of nitrogens with zero attached hydrogens (tertiary/aromatic N) is 1. The normalized spacial score (nSPS) is 19.3. The Morgan fingerprint density at radius 3 is 2.64 bits per heavy atom. The lowest BCUT2D eigenvalue weighted by Gasteiger charge is -2.31. The molecule has 0 bridgehead atoms. The van der Waals surface area contributed by atoms with Crippen molar-refractivity contribution in [2.75, 3.05) is 11.9 Å². The largest absolute Gasteiger partial charge is 0.491 e. The van der Waals surface area contributed by atoms with E-state index >= 15 is 0 Å². The van der Waals surface area contributed by atoms with Gasteiger partial charge in [-0.3, -0.25) is 10.4 Å². The number of nitrogens with one attached hydrogen (secondary N) is 3. The summed E-state index contributed by atoms with van der Waals surface area (Å²) in [5.74, 6) is 0.528. The van der Waals surface area contributed by atoms with Gasteiger partial charge in [-0.25, -0.2) is 0 Å². The van der Waals surface area contributed by atoms with E-state index < -0.39 is 5.92 Å². The quantitative estimate of drug-likeness (QED) is 0.468. The molecule has 2 unspecified atom stereocenters. The lowest BCUT2D eigenvalue weighted by atomic mass is 9.79. The molecule has 0 fully saturated rings. The molecular formula is C22H27N5O. The molecule has 3 rings (SSSR count). The summed E-state index contributed by atoms with van der Waals surface area (Å²) in [4.78, 5) is 4.62. The predicted octanol–water partition coefficient (Wildman–Crippen LogP) is 3.96. The van der Waals surface area contributed by atoms with Crippen molar-refractivity contribution >= 4 is 23.1 Å². The summed E-state index contributed by atoms with van der Waals surface area (Å²) in [6.45, 7) is 6.41. The summed E-state index contributed by atoms with van der Waals surface area (Å²) in [5, 5.41) is 20.0. The lowest BCUT2D eigenvalue weighted by Crippen LogP contribution is -2.44. The average Bonchev–Trinajstić information content (AvgIpc) is 2.64. The second kappa shape index (κ2) is 8.25. The van der Waals surface area contributed by atoms with Crippen molar-refractivity contribution in [3.05, 3.63) is 59.7 Å². The molecule has 6 heteroatoms. The van der Waals surface area contributed by atoms with Crippen LogP contribution in [0.2, 0.25) is 0 Å². The topological polar surface area (TPSA) is 107 Å². The number of amidine groups is 2. The standard InChI is InChI=1S/C22H27N5O/c1-13(2)28-16-9-6-8-15(11-16)17-12-26-22(20(23)19(17)21(24)25)27-18-10-5-4-7-14(18)3/h4-11,13,17,19,23H,12H2,1-3H3,(H3,24,25)(H,26,27). The first kappa shape index (κ1) is 19.6. The molecule has 0 aromatic heterocycles. The molecule has 0 saturated heterocycles. The van der Waals surface area contributed by atoms with Gasteiger partial charge in [0.2, 0.25) is 0 Å². The van der Waals surface area contributed by atoms with Crippen LogP contribution < -0.4 is 15.8 Å². The van der Waals surface area contributed by atoms with Gasteiger partial charge in [-0.1, -0.05) is 30.3 Å². The molecule has 0 spiro atoms. The Morgan fingerprint density at radius 2 is 1.96 bits per heavy atom. The first-order valence-electron chi connectivity index (χ1n) is 9.43. The van der Waals surface area contributed by atoms with Gasteiger partial charge in [0.15, 0.2) is 0 Å². The maximum Gasteiger partial charge on any atom is 0.147 e. The highest BCUT2D eigenvalue weighted by Crippen LogP contribution is 2.32. The molecule has 28 heavy (non-hydrogen) atoms. The van der Waals surface area contributed by atoms with Crippen molar-refractivity contribution in [1.29, 1.82) is 10.8 Å². The molecule has 2 aromatic carbocycles. The highest BCUT2D eigenvalue weighted by atomic mass is 16.5. The van der Waals surface area contributed by atoms with Crippen molar-refractivity contribution in [1.82, 2.24) is 0 Å². The minimum absolute atomic E-state index is 0.0239. The highest BCUT2D eigenvalue weighted by molar-refractivity contribution is 6.48. The molecule has 2 atom stereocenters. The number of rotatable bonds is 5. The molecule has 2 aromatic rings. The lowest BCUT2D eigenvalue weighted by molar-refractivity contribution is 0.242. The zero-order chi connectivity index (χ0) is 20.3. The summed E-state index contributed by atoms with van der Waals surface area (Å²) < 4.78 is 5.79. The highest BCUT2D eigenvalue weighted by Gasteiger charge is 2.35. The van der Waals surface area contributed by atoms with E-state index in [1.807, 2.05) is 69.3 Å². The van der Waals surface area contributed by atoms with Crippen molar-refractivity contribution in [2.45, 2.75) is 32.8 Å². The molecule has 0 saturated carbocycles. The Hall–Kier alpha value is -3.15. The van der Waals surface area contributed by atoms with Gasteiger partial charge in [-0.2, -0.15) is 0 Å². The number of hydrogen-bond donors (Lipinski definition) is 4. The average molecular weight is 377 g/mol. The van der Waals surface area contributed by atoms with Crippen LogP contribution in [-0.2, 0) is 0 Å². The Labute approximate surface area is 165 Å². The van der Waals surface area contributed by atoms with E-state index in [1.54, 1.807) is 0 Å². The second-order valence-corrected chi connectivity index (χ2v) is 7.32. The Kier molecular flexibility index (Phi) is 5.78. The molecule has 1 aliphatic heterocycles. The Morgan fingerprint density at radius 1 is 1.21 bits per heavy atom. The number of anilines is 1. The van der Waals surface area contributed by atoms with Gasteiger partial charge in [0.25, 0.3) is 0 Å². The molecule has 5 N–H and O–H groups in total. The van der Waals surface area contributed by atoms with E-state index in [2.05, 4.69) is 10.3 Å². The minimum Gasteiger partial charge on any atom is -0.491 e. The summed E-state index contributed by atoms with van der Waals surface area (Å²) in [6.07, 6.45) is 0.0754. The fourth-order valence-electron chi connectivity index (χ4n) is 3.44. The third kappa shape index (κ3) is 4.22. The predicted molar refractivity (Wildman–Crippen MR) is 115 cm³/mol. The van der Waals surface area contributed by atoms with Gasteiger partial charge >= 0.3 is 0 Å². The van der Waals surface area contributed by atoms with Crippen molar-refractivity contribution in [3.63, 3.8) is 0 Å². The molecule has 1 heterocycles. The number of aryl methyl sites for hydroxylation is 1. The van der Waals surface area contributed by atoms with E-state index in [9.17, 15) is 0 Å². The third-order valence-corrected chi connectivity index (χ3v) is 4.81. The van der Waals surface area contributed by atoms with Gasteiger partial charge in [0, 0.05) is 18.2 Å². The fraction of sp³-hybridized carbons (Fsp3) is 0.318. The molecular weight excluding hydrogens is 350 g/mol. The maximum absolute atomic E-state index is 8.65. The van der Waals surface area contributed by atoms with Crippen LogP contribution >= 0.6 is 0 Å². The molecule has 0 aliphatic carbocycles. The van der Waals surface area contributed by atoms with Crippen LogP contribution in [0.4, 0.5) is 5.69 Å². The van der Waals surface area contributed by atoms with E-state index in [0.29, 0.717) is 12.4 Å². The van der Waals surface area contributed by atoms with Gasteiger partial charge in [0.1, 0.15) is 17.4 Å². The van der Waals surface area contributed by atoms with Crippen molar-refractivity contribution in [2.24, 2.45) is 16.6 Å². The van der Waals surface area contributed by atoms with Gasteiger partial charge in [-0.05, 0) is 50.1 Å². The number of nitrogens with two attached hydrogens (primary N) is 1. The van der Waals surface area contributed by atoms with Gasteiger partial charge in [-0.15, -0.1) is 0 Å². The minimum atomic E-state index is -0.529. The van der Waals surface area contributed by atoms with E-state index in [0.717, 1.165) is 22.6 Å². The van der Waals surface area contributed by atoms with E-state index in [-0.39, 0.29) is 23.6 Å². The Bertz CT molecular complexity index is 919. The summed E-state index contributed by atoms with van der Waals surface area (Å²) in [7, 11) is 0. The molecule has 1 aliphatic rings. The smallest absolute Gasteiger partial charge is 0.147 e. The van der Waals surface area contributed by atoms with Crippen LogP contribution in [0.1, 0.15) is 30.9 Å². The zero-order valence-electron chi connectivity index (χ0n) is 16.5. The molecule has 0 amide bonds. The fourth-order valence-corrected chi connectivity index (χ4v) is 3.44. The van der Waals surface area contributed by atoms with Crippen LogP contribution in [0.3, 0.4) is 0 Å². The van der Waals surface area contributed by atoms with Crippen LogP contribution in [0.15, 0.2) is 53.5 Å². The SMILES string of the molecule is Cc1ccccc1NC1=NCC(c2cccc(OC(C)C)c2)C(C(=N)N)C1=N. The number of hydrogen-bond acceptors (Lipinski definition) is 5. The number of para-hydroxylation sites is 1. The number of ether oxygens (including phenoxy) is 1. The zero-order valence-corrected chi connectivity index (χ0v) is 16.5. The summed E-state index contributed by atoms with van der Waals surface area (Å²) in [5.41, 5.74) is 9.10. The first-order chi connectivity index (χ1) is 13.4. The van der Waals surface area contributed by atoms with Gasteiger partial charge < -0.3 is 21.2 Å². The molecule has 0 radical (unpaired) electrons.